The van der Waals surface area contributed by atoms with Crippen molar-refractivity contribution in [1.82, 2.24) is 5.43 Å². The summed E-state index contributed by atoms with van der Waals surface area (Å²) in [5, 5.41) is 4.05. The van der Waals surface area contributed by atoms with Gasteiger partial charge in [0.05, 0.1) is 12.1 Å². The molecule has 0 aliphatic heterocycles. The van der Waals surface area contributed by atoms with Gasteiger partial charge in [0.1, 0.15) is 5.60 Å². The molecule has 1 N–H and O–H groups in total. The number of hydrogen-bond donors (Lipinski definition) is 1. The van der Waals surface area contributed by atoms with Gasteiger partial charge in [-0.15, -0.1) is 0 Å². The van der Waals surface area contributed by atoms with Crippen LogP contribution in [0.3, 0.4) is 0 Å². The lowest BCUT2D eigenvalue weighted by Gasteiger charge is -2.15. The summed E-state index contributed by atoms with van der Waals surface area (Å²) in [6, 6.07) is 17.5. The van der Waals surface area contributed by atoms with Gasteiger partial charge in [0.15, 0.2) is 0 Å². The van der Waals surface area contributed by atoms with E-state index in [1.807, 2.05) is 54.6 Å². The van der Waals surface area contributed by atoms with E-state index in [1.165, 1.54) is 0 Å². The highest BCUT2D eigenvalue weighted by atomic mass is 79.9. The van der Waals surface area contributed by atoms with Gasteiger partial charge in [-0.25, -0.2) is 5.43 Å². The molecule has 4 nitrogen and oxygen atoms in total. The summed E-state index contributed by atoms with van der Waals surface area (Å²) in [5.41, 5.74) is 4.02. The molecule has 0 radical (unpaired) electrons. The molecule has 2 aromatic rings. The van der Waals surface area contributed by atoms with Gasteiger partial charge in [-0.1, -0.05) is 64.5 Å². The Morgan fingerprint density at radius 1 is 1.26 bits per heavy atom. The number of halogens is 1. The summed E-state index contributed by atoms with van der Waals surface area (Å²) in [7, 11) is 1.64. The molecule has 0 unspecified atom stereocenters. The van der Waals surface area contributed by atoms with Crippen LogP contribution in [-0.4, -0.2) is 19.2 Å². The maximum Gasteiger partial charge on any atom is 0.246 e. The molecule has 0 spiro atoms. The zero-order chi connectivity index (χ0) is 16.3. The normalized spacial score (nSPS) is 23.0. The van der Waals surface area contributed by atoms with Gasteiger partial charge in [0, 0.05) is 17.1 Å². The quantitative estimate of drug-likeness (QED) is 0.645. The Bertz CT molecular complexity index is 733. The van der Waals surface area contributed by atoms with Crippen molar-refractivity contribution >= 4 is 28.1 Å². The summed E-state index contributed by atoms with van der Waals surface area (Å²) >= 11 is 3.44. The lowest BCUT2D eigenvalue weighted by Crippen LogP contribution is -2.25. The van der Waals surface area contributed by atoms with Crippen LogP contribution in [0.25, 0.3) is 0 Å². The average Bonchev–Trinajstić information content (AvgIpc) is 3.34. The molecular formula is C18H17BrN2O2. The van der Waals surface area contributed by atoms with Crippen molar-refractivity contribution in [3.05, 3.63) is 70.2 Å². The highest BCUT2D eigenvalue weighted by Gasteiger charge is 2.60. The van der Waals surface area contributed by atoms with Crippen LogP contribution >= 0.6 is 15.9 Å². The van der Waals surface area contributed by atoms with Crippen molar-refractivity contribution in [2.75, 3.05) is 7.11 Å². The predicted molar refractivity (Wildman–Crippen MR) is 93.1 cm³/mol. The minimum Gasteiger partial charge on any atom is -0.373 e. The molecule has 0 heterocycles. The number of hydrazone groups is 1. The topological polar surface area (TPSA) is 50.7 Å². The van der Waals surface area contributed by atoms with Crippen molar-refractivity contribution < 1.29 is 9.53 Å². The van der Waals surface area contributed by atoms with E-state index in [1.54, 1.807) is 13.3 Å². The second kappa shape index (κ2) is 6.64. The van der Waals surface area contributed by atoms with Crippen LogP contribution in [0.1, 0.15) is 17.5 Å². The fourth-order valence-electron chi connectivity index (χ4n) is 2.75. The molecule has 0 bridgehead atoms. The molecule has 1 amide bonds. The standard InChI is InChI=1S/C18H17BrN2O2/c1-23-18(14-8-3-2-4-9-14)11-15(18)17(22)21-20-12-13-7-5-6-10-16(13)19/h2-10,12,15H,11H2,1H3,(H,21,22)/b20-12-/t15-,18+/m1/s1. The average molecular weight is 373 g/mol. The molecule has 118 valence electrons. The monoisotopic (exact) mass is 372 g/mol. The van der Waals surface area contributed by atoms with Gasteiger partial charge in [-0.05, 0) is 18.1 Å². The van der Waals surface area contributed by atoms with Crippen molar-refractivity contribution in [2.45, 2.75) is 12.0 Å². The fourth-order valence-corrected chi connectivity index (χ4v) is 3.14. The second-order valence-corrected chi connectivity index (χ2v) is 6.33. The molecule has 3 rings (SSSR count). The van der Waals surface area contributed by atoms with Crippen LogP contribution in [-0.2, 0) is 15.1 Å². The number of ether oxygens (including phenoxy) is 1. The number of carbonyl (C=O) groups excluding carboxylic acids is 1. The molecule has 1 aliphatic carbocycles. The first-order valence-electron chi connectivity index (χ1n) is 7.35. The minimum absolute atomic E-state index is 0.126. The van der Waals surface area contributed by atoms with Crippen LogP contribution < -0.4 is 5.43 Å². The third-order valence-corrected chi connectivity index (χ3v) is 4.86. The van der Waals surface area contributed by atoms with E-state index in [4.69, 9.17) is 4.74 Å². The third-order valence-electron chi connectivity index (χ3n) is 4.14. The van der Waals surface area contributed by atoms with Crippen molar-refractivity contribution in [1.29, 1.82) is 0 Å². The Kier molecular flexibility index (Phi) is 4.59. The lowest BCUT2D eigenvalue weighted by atomic mass is 10.1. The molecule has 2 aromatic carbocycles. The number of hydrogen-bond acceptors (Lipinski definition) is 3. The smallest absolute Gasteiger partial charge is 0.246 e. The number of amides is 1. The van der Waals surface area contributed by atoms with Crippen molar-refractivity contribution in [2.24, 2.45) is 11.0 Å². The summed E-state index contributed by atoms with van der Waals surface area (Å²) in [5.74, 6) is -0.342. The Balaban J connectivity index is 1.65. The predicted octanol–water partition coefficient (Wildman–Crippen LogP) is 3.46. The maximum absolute atomic E-state index is 12.3. The maximum atomic E-state index is 12.3. The third kappa shape index (κ3) is 3.21. The summed E-state index contributed by atoms with van der Waals surface area (Å²) in [4.78, 5) is 12.3. The molecule has 1 fully saturated rings. The molecule has 5 heteroatoms. The SMILES string of the molecule is CO[C@]1(c2ccccc2)C[C@@H]1C(=O)N/N=C\c1ccccc1Br. The largest absolute Gasteiger partial charge is 0.373 e. The van der Waals surface area contributed by atoms with Gasteiger partial charge in [0.25, 0.3) is 0 Å². The van der Waals surface area contributed by atoms with Gasteiger partial charge in [-0.2, -0.15) is 5.10 Å². The molecule has 2 atom stereocenters. The summed E-state index contributed by atoms with van der Waals surface area (Å²) in [6.07, 6.45) is 2.30. The number of nitrogens with zero attached hydrogens (tertiary/aromatic N) is 1. The molecule has 0 saturated heterocycles. The minimum atomic E-state index is -0.520. The zero-order valence-corrected chi connectivity index (χ0v) is 14.3. The Hall–Kier alpha value is -1.98. The molecule has 0 aromatic heterocycles. The van der Waals surface area contributed by atoms with E-state index in [2.05, 4.69) is 26.5 Å². The highest BCUT2D eigenvalue weighted by molar-refractivity contribution is 9.10. The van der Waals surface area contributed by atoms with Crippen LogP contribution in [0, 0.1) is 5.92 Å². The second-order valence-electron chi connectivity index (χ2n) is 5.47. The first-order chi connectivity index (χ1) is 11.2. The summed E-state index contributed by atoms with van der Waals surface area (Å²) < 4.78 is 6.56. The molecular weight excluding hydrogens is 356 g/mol. The Labute approximate surface area is 143 Å². The van der Waals surface area contributed by atoms with Crippen molar-refractivity contribution in [3.63, 3.8) is 0 Å². The number of rotatable bonds is 5. The highest BCUT2D eigenvalue weighted by Crippen LogP contribution is 2.54. The molecule has 1 saturated carbocycles. The fraction of sp³-hybridized carbons (Fsp3) is 0.222. The van der Waals surface area contributed by atoms with E-state index in [9.17, 15) is 4.79 Å². The van der Waals surface area contributed by atoms with Crippen LogP contribution in [0.5, 0.6) is 0 Å². The van der Waals surface area contributed by atoms with Crippen molar-refractivity contribution in [3.8, 4) is 0 Å². The van der Waals surface area contributed by atoms with Gasteiger partial charge < -0.3 is 4.74 Å². The lowest BCUT2D eigenvalue weighted by molar-refractivity contribution is -0.124. The van der Waals surface area contributed by atoms with E-state index in [0.717, 1.165) is 15.6 Å². The van der Waals surface area contributed by atoms with E-state index in [-0.39, 0.29) is 11.8 Å². The number of benzene rings is 2. The number of carbonyl (C=O) groups is 1. The number of methoxy groups -OCH3 is 1. The number of nitrogens with one attached hydrogen (secondary N) is 1. The molecule has 1 aliphatic rings. The summed E-state index contributed by atoms with van der Waals surface area (Å²) in [6.45, 7) is 0. The zero-order valence-electron chi connectivity index (χ0n) is 12.7. The first kappa shape index (κ1) is 15.9. The molecule has 23 heavy (non-hydrogen) atoms. The van der Waals surface area contributed by atoms with Crippen LogP contribution in [0.2, 0.25) is 0 Å². The van der Waals surface area contributed by atoms with Gasteiger partial charge in [0.2, 0.25) is 5.91 Å². The van der Waals surface area contributed by atoms with Crippen LogP contribution in [0.4, 0.5) is 0 Å². The Morgan fingerprint density at radius 3 is 2.65 bits per heavy atom. The van der Waals surface area contributed by atoms with Gasteiger partial charge in [-0.3, -0.25) is 4.79 Å². The van der Waals surface area contributed by atoms with Crippen LogP contribution in [0.15, 0.2) is 64.2 Å². The van der Waals surface area contributed by atoms with E-state index in [0.29, 0.717) is 6.42 Å². The van der Waals surface area contributed by atoms with Gasteiger partial charge >= 0.3 is 0 Å². The van der Waals surface area contributed by atoms with E-state index >= 15 is 0 Å². The first-order valence-corrected chi connectivity index (χ1v) is 8.15. The van der Waals surface area contributed by atoms with E-state index < -0.39 is 5.60 Å². The Morgan fingerprint density at radius 2 is 1.96 bits per heavy atom.